The van der Waals surface area contributed by atoms with Crippen LogP contribution in [0.4, 0.5) is 0 Å². The number of para-hydroxylation sites is 1. The summed E-state index contributed by atoms with van der Waals surface area (Å²) in [5.74, 6) is 1.87. The van der Waals surface area contributed by atoms with Crippen LogP contribution in [0.5, 0.6) is 5.75 Å². The molecule has 152 valence electrons. The predicted molar refractivity (Wildman–Crippen MR) is 122 cm³/mol. The van der Waals surface area contributed by atoms with Crippen molar-refractivity contribution in [3.63, 3.8) is 0 Å². The Morgan fingerprint density at radius 2 is 1.67 bits per heavy atom. The summed E-state index contributed by atoms with van der Waals surface area (Å²) in [6.45, 7) is 5.07. The van der Waals surface area contributed by atoms with Gasteiger partial charge in [-0.3, -0.25) is 9.36 Å². The number of benzene rings is 3. The summed E-state index contributed by atoms with van der Waals surface area (Å²) < 4.78 is 7.59. The summed E-state index contributed by atoms with van der Waals surface area (Å²) >= 11 is 6.04. The lowest BCUT2D eigenvalue weighted by atomic mass is 10.0. The van der Waals surface area contributed by atoms with E-state index in [-0.39, 0.29) is 5.56 Å². The van der Waals surface area contributed by atoms with E-state index in [0.29, 0.717) is 40.8 Å². The summed E-state index contributed by atoms with van der Waals surface area (Å²) in [5, 5.41) is 1.23. The van der Waals surface area contributed by atoms with Crippen molar-refractivity contribution < 1.29 is 4.74 Å². The lowest BCUT2D eigenvalue weighted by Gasteiger charge is -2.15. The van der Waals surface area contributed by atoms with Gasteiger partial charge >= 0.3 is 0 Å². The van der Waals surface area contributed by atoms with E-state index in [4.69, 9.17) is 21.3 Å². The third-order valence-corrected chi connectivity index (χ3v) is 5.35. The maximum absolute atomic E-state index is 13.2. The lowest BCUT2D eigenvalue weighted by molar-refractivity contribution is 0.297. The second-order valence-electron chi connectivity index (χ2n) is 7.49. The Labute approximate surface area is 180 Å². The Morgan fingerprint density at radius 3 is 2.37 bits per heavy atom. The number of rotatable bonds is 6. The SMILES string of the molecule is CC(C)c1ccc(OCCn2c(-c3ccc(Cl)cc3)nc3ccccc3c2=O)cc1. The fourth-order valence-corrected chi connectivity index (χ4v) is 3.52. The zero-order valence-electron chi connectivity index (χ0n) is 17.0. The van der Waals surface area contributed by atoms with Crippen LogP contribution in [0.15, 0.2) is 77.6 Å². The van der Waals surface area contributed by atoms with Gasteiger partial charge in [0.2, 0.25) is 0 Å². The smallest absolute Gasteiger partial charge is 0.261 e. The van der Waals surface area contributed by atoms with Gasteiger partial charge < -0.3 is 4.74 Å². The summed E-state index contributed by atoms with van der Waals surface area (Å²) in [4.78, 5) is 17.9. The highest BCUT2D eigenvalue weighted by Gasteiger charge is 2.13. The minimum absolute atomic E-state index is 0.0793. The second-order valence-corrected chi connectivity index (χ2v) is 7.92. The van der Waals surface area contributed by atoms with Gasteiger partial charge in [0.15, 0.2) is 0 Å². The number of ether oxygens (including phenoxy) is 1. The molecule has 0 aliphatic carbocycles. The second kappa shape index (κ2) is 8.72. The molecule has 0 atom stereocenters. The van der Waals surface area contributed by atoms with Crippen molar-refractivity contribution in [2.45, 2.75) is 26.3 Å². The van der Waals surface area contributed by atoms with Gasteiger partial charge in [0.25, 0.3) is 5.56 Å². The molecular formula is C25H23ClN2O2. The van der Waals surface area contributed by atoms with Crippen LogP contribution in [0, 0.1) is 0 Å². The van der Waals surface area contributed by atoms with Crippen molar-refractivity contribution in [1.29, 1.82) is 0 Å². The van der Waals surface area contributed by atoms with E-state index in [1.165, 1.54) is 5.56 Å². The summed E-state index contributed by atoms with van der Waals surface area (Å²) in [6, 6.07) is 22.8. The van der Waals surface area contributed by atoms with Crippen LogP contribution in [0.25, 0.3) is 22.3 Å². The van der Waals surface area contributed by atoms with Crippen LogP contribution >= 0.6 is 11.6 Å². The molecule has 4 nitrogen and oxygen atoms in total. The molecule has 0 fully saturated rings. The number of halogens is 1. The van der Waals surface area contributed by atoms with Gasteiger partial charge in [0.05, 0.1) is 17.4 Å². The Hall–Kier alpha value is -3.11. The molecular weight excluding hydrogens is 396 g/mol. The number of fused-ring (bicyclic) bond motifs is 1. The Kier molecular flexibility index (Phi) is 5.86. The zero-order valence-corrected chi connectivity index (χ0v) is 17.8. The fourth-order valence-electron chi connectivity index (χ4n) is 3.40. The van der Waals surface area contributed by atoms with E-state index < -0.39 is 0 Å². The minimum Gasteiger partial charge on any atom is -0.492 e. The van der Waals surface area contributed by atoms with E-state index in [1.807, 2.05) is 42.5 Å². The molecule has 0 spiro atoms. The average Bonchev–Trinajstić information content (AvgIpc) is 2.76. The fraction of sp³-hybridized carbons (Fsp3) is 0.200. The first-order chi connectivity index (χ1) is 14.5. The molecule has 0 bridgehead atoms. The normalized spacial score (nSPS) is 11.2. The highest BCUT2D eigenvalue weighted by molar-refractivity contribution is 6.30. The van der Waals surface area contributed by atoms with Crippen LogP contribution in [0.2, 0.25) is 5.02 Å². The molecule has 0 saturated heterocycles. The molecule has 0 amide bonds. The molecule has 4 rings (SSSR count). The average molecular weight is 419 g/mol. The quantitative estimate of drug-likeness (QED) is 0.390. The first kappa shape index (κ1) is 20.2. The highest BCUT2D eigenvalue weighted by atomic mass is 35.5. The standard InChI is InChI=1S/C25H23ClN2O2/c1-17(2)18-9-13-21(14-10-18)30-16-15-28-24(19-7-11-20(26)12-8-19)27-23-6-4-3-5-22(23)25(28)29/h3-14,17H,15-16H2,1-2H3. The molecule has 0 aliphatic heterocycles. The van der Waals surface area contributed by atoms with Gasteiger partial charge in [0.1, 0.15) is 18.2 Å². The molecule has 1 heterocycles. The van der Waals surface area contributed by atoms with E-state index >= 15 is 0 Å². The monoisotopic (exact) mass is 418 g/mol. The van der Waals surface area contributed by atoms with Crippen LogP contribution in [-0.2, 0) is 6.54 Å². The van der Waals surface area contributed by atoms with Gasteiger partial charge in [-0.25, -0.2) is 4.98 Å². The maximum Gasteiger partial charge on any atom is 0.261 e. The van der Waals surface area contributed by atoms with Gasteiger partial charge in [0, 0.05) is 10.6 Å². The Balaban J connectivity index is 1.64. The van der Waals surface area contributed by atoms with Crippen molar-refractivity contribution in [1.82, 2.24) is 9.55 Å². The minimum atomic E-state index is -0.0793. The molecule has 3 aromatic carbocycles. The number of aromatic nitrogens is 2. The van der Waals surface area contributed by atoms with Crippen LogP contribution in [0.3, 0.4) is 0 Å². The highest BCUT2D eigenvalue weighted by Crippen LogP contribution is 2.22. The molecule has 0 aliphatic rings. The van der Waals surface area contributed by atoms with Gasteiger partial charge in [-0.1, -0.05) is 49.7 Å². The third-order valence-electron chi connectivity index (χ3n) is 5.09. The largest absolute Gasteiger partial charge is 0.492 e. The number of hydrogen-bond donors (Lipinski definition) is 0. The number of hydrogen-bond acceptors (Lipinski definition) is 3. The van der Waals surface area contributed by atoms with Crippen molar-refractivity contribution in [2.75, 3.05) is 6.61 Å². The predicted octanol–water partition coefficient (Wildman–Crippen LogP) is 5.92. The topological polar surface area (TPSA) is 44.1 Å². The van der Waals surface area contributed by atoms with Crippen molar-refractivity contribution in [2.24, 2.45) is 0 Å². The summed E-state index contributed by atoms with van der Waals surface area (Å²) in [5.41, 5.74) is 2.70. The van der Waals surface area contributed by atoms with E-state index in [2.05, 4.69) is 26.0 Å². The molecule has 4 aromatic rings. The first-order valence-electron chi connectivity index (χ1n) is 10.0. The van der Waals surface area contributed by atoms with Crippen LogP contribution < -0.4 is 10.3 Å². The Morgan fingerprint density at radius 1 is 0.967 bits per heavy atom. The van der Waals surface area contributed by atoms with E-state index in [9.17, 15) is 4.79 Å². The van der Waals surface area contributed by atoms with E-state index in [0.717, 1.165) is 11.3 Å². The van der Waals surface area contributed by atoms with Gasteiger partial charge in [-0.2, -0.15) is 0 Å². The van der Waals surface area contributed by atoms with Gasteiger partial charge in [-0.05, 0) is 60.0 Å². The van der Waals surface area contributed by atoms with Gasteiger partial charge in [-0.15, -0.1) is 0 Å². The maximum atomic E-state index is 13.2. The summed E-state index contributed by atoms with van der Waals surface area (Å²) in [7, 11) is 0. The Bertz CT molecular complexity index is 1210. The van der Waals surface area contributed by atoms with Crippen molar-refractivity contribution in [3.8, 4) is 17.1 Å². The zero-order chi connectivity index (χ0) is 21.1. The number of nitrogens with zero attached hydrogens (tertiary/aromatic N) is 2. The third kappa shape index (κ3) is 4.24. The molecule has 0 N–H and O–H groups in total. The molecule has 0 unspecified atom stereocenters. The summed E-state index contributed by atoms with van der Waals surface area (Å²) in [6.07, 6.45) is 0. The van der Waals surface area contributed by atoms with Crippen molar-refractivity contribution >= 4 is 22.5 Å². The molecule has 5 heteroatoms. The van der Waals surface area contributed by atoms with Crippen LogP contribution in [0.1, 0.15) is 25.3 Å². The van der Waals surface area contributed by atoms with Crippen LogP contribution in [-0.4, -0.2) is 16.2 Å². The molecule has 1 aromatic heterocycles. The lowest BCUT2D eigenvalue weighted by Crippen LogP contribution is -2.26. The van der Waals surface area contributed by atoms with Crippen molar-refractivity contribution in [3.05, 3.63) is 93.7 Å². The molecule has 0 saturated carbocycles. The molecule has 0 radical (unpaired) electrons. The van der Waals surface area contributed by atoms with E-state index in [1.54, 1.807) is 22.8 Å². The first-order valence-corrected chi connectivity index (χ1v) is 10.4. The molecule has 30 heavy (non-hydrogen) atoms.